The molecule has 2 aromatic heterocycles. The summed E-state index contributed by atoms with van der Waals surface area (Å²) in [5, 5.41) is 15.6. The number of nitrogens with zero attached hydrogens (tertiary/aromatic N) is 6. The van der Waals surface area contributed by atoms with Crippen molar-refractivity contribution in [3.8, 4) is 23.0 Å². The first-order chi connectivity index (χ1) is 24.0. The van der Waals surface area contributed by atoms with Gasteiger partial charge in [-0.05, 0) is 48.4 Å². The number of hydrogen-bond acceptors (Lipinski definition) is 7. The molecule has 0 aliphatic carbocycles. The van der Waals surface area contributed by atoms with Crippen LogP contribution in [0.25, 0.3) is 22.2 Å². The molecular formula is C39H42N6O4. The van der Waals surface area contributed by atoms with Crippen LogP contribution >= 0.6 is 0 Å². The molecule has 3 aliphatic rings. The van der Waals surface area contributed by atoms with E-state index in [1.807, 2.05) is 84.5 Å². The number of piperazine rings is 1. The van der Waals surface area contributed by atoms with E-state index in [1.54, 1.807) is 4.90 Å². The fourth-order valence-electron chi connectivity index (χ4n) is 7.92. The van der Waals surface area contributed by atoms with E-state index in [0.717, 1.165) is 78.7 Å². The number of pyridine rings is 1. The van der Waals surface area contributed by atoms with Crippen LogP contribution in [-0.2, 0) is 20.3 Å². The molecule has 10 heteroatoms. The number of carbonyl (C=O) groups is 1. The Bertz CT molecular complexity index is 1920. The molecule has 0 saturated carbocycles. The molecule has 49 heavy (non-hydrogen) atoms. The molecular weight excluding hydrogens is 616 g/mol. The number of ether oxygens (including phenoxy) is 2. The van der Waals surface area contributed by atoms with Crippen molar-refractivity contribution in [3.63, 3.8) is 0 Å². The molecule has 8 rings (SSSR count). The summed E-state index contributed by atoms with van der Waals surface area (Å²) in [6.45, 7) is 5.35. The van der Waals surface area contributed by atoms with Crippen LogP contribution in [-0.4, -0.2) is 80.6 Å². The zero-order valence-electron chi connectivity index (χ0n) is 27.8. The number of piperidine rings is 1. The minimum atomic E-state index is -0.773. The average Bonchev–Trinajstić information content (AvgIpc) is 3.84. The standard InChI is InChI=1S/C39H42N6O4/c1-42-37-32(13-8-14-34(37)43-19-17-27(18-20-43)22-44-23-31-21-30(44)24-45(31)39(46)47)36(41-42)33-15-16-35(48-25-28-9-4-2-5-10-28)40-38(33)49-26-29-11-6-3-7-12-29/h2-16,27,30-31H,17-26H2,1H3,(H,46,47)/t30-,31-/m1/s1. The molecule has 0 unspecified atom stereocenters. The number of para-hydroxylation sites is 1. The molecule has 1 amide bonds. The predicted octanol–water partition coefficient (Wildman–Crippen LogP) is 6.45. The lowest BCUT2D eigenvalue weighted by atomic mass is 9.95. The van der Waals surface area contributed by atoms with Crippen molar-refractivity contribution in [2.24, 2.45) is 13.0 Å². The summed E-state index contributed by atoms with van der Waals surface area (Å²) < 4.78 is 14.5. The molecule has 3 aliphatic heterocycles. The summed E-state index contributed by atoms with van der Waals surface area (Å²) in [4.78, 5) is 23.0. The third-order valence-corrected chi connectivity index (χ3v) is 10.4. The highest BCUT2D eigenvalue weighted by Gasteiger charge is 2.45. The van der Waals surface area contributed by atoms with Gasteiger partial charge >= 0.3 is 6.09 Å². The molecule has 2 bridgehead atoms. The van der Waals surface area contributed by atoms with Gasteiger partial charge in [-0.15, -0.1) is 0 Å². The summed E-state index contributed by atoms with van der Waals surface area (Å²) in [5.74, 6) is 1.61. The Morgan fingerprint density at radius 2 is 1.55 bits per heavy atom. The molecule has 0 spiro atoms. The van der Waals surface area contributed by atoms with Crippen molar-refractivity contribution < 1.29 is 19.4 Å². The van der Waals surface area contributed by atoms with Crippen LogP contribution in [0.2, 0.25) is 0 Å². The van der Waals surface area contributed by atoms with Gasteiger partial charge in [0.05, 0.1) is 16.8 Å². The first kappa shape index (κ1) is 31.2. The second-order valence-electron chi connectivity index (χ2n) is 13.6. The van der Waals surface area contributed by atoms with Gasteiger partial charge in [-0.1, -0.05) is 72.8 Å². The SMILES string of the molecule is Cn1nc(-c2ccc(OCc3ccccc3)nc2OCc2ccccc2)c2cccc(N3CCC(CN4C[C@H]5C[C@@H]4CN5C(=O)O)CC3)c21. The van der Waals surface area contributed by atoms with E-state index in [4.69, 9.17) is 19.6 Å². The molecule has 1 N–H and O–H groups in total. The summed E-state index contributed by atoms with van der Waals surface area (Å²) >= 11 is 0. The van der Waals surface area contributed by atoms with Crippen molar-refractivity contribution in [2.45, 2.75) is 44.6 Å². The zero-order chi connectivity index (χ0) is 33.3. The van der Waals surface area contributed by atoms with Gasteiger partial charge in [0, 0.05) is 63.3 Å². The van der Waals surface area contributed by atoms with Gasteiger partial charge < -0.3 is 24.4 Å². The Labute approximate surface area is 286 Å². The molecule has 3 aromatic carbocycles. The lowest BCUT2D eigenvalue weighted by Gasteiger charge is -2.38. The van der Waals surface area contributed by atoms with Crippen molar-refractivity contribution in [3.05, 3.63) is 102 Å². The number of aromatic nitrogens is 3. The smallest absolute Gasteiger partial charge is 0.407 e. The van der Waals surface area contributed by atoms with Crippen LogP contribution < -0.4 is 14.4 Å². The first-order valence-corrected chi connectivity index (χ1v) is 17.3. The molecule has 2 atom stereocenters. The largest absolute Gasteiger partial charge is 0.473 e. The van der Waals surface area contributed by atoms with E-state index < -0.39 is 6.09 Å². The molecule has 10 nitrogen and oxygen atoms in total. The van der Waals surface area contributed by atoms with E-state index in [0.29, 0.717) is 43.5 Å². The summed E-state index contributed by atoms with van der Waals surface area (Å²) in [6, 6.07) is 31.1. The van der Waals surface area contributed by atoms with Crippen molar-refractivity contribution in [1.82, 2.24) is 24.6 Å². The normalized spacial score (nSPS) is 19.5. The van der Waals surface area contributed by atoms with Gasteiger partial charge in [-0.25, -0.2) is 4.79 Å². The topological polar surface area (TPSA) is 96.2 Å². The average molecular weight is 659 g/mol. The van der Waals surface area contributed by atoms with Crippen molar-refractivity contribution in [1.29, 1.82) is 0 Å². The fraction of sp³-hybridized carbons (Fsp3) is 0.359. The number of anilines is 1. The van der Waals surface area contributed by atoms with Crippen LogP contribution in [0.5, 0.6) is 11.8 Å². The van der Waals surface area contributed by atoms with E-state index in [2.05, 4.69) is 28.0 Å². The van der Waals surface area contributed by atoms with E-state index in [9.17, 15) is 9.90 Å². The summed E-state index contributed by atoms with van der Waals surface area (Å²) in [6.07, 6.45) is 2.44. The number of hydrogen-bond donors (Lipinski definition) is 1. The quantitative estimate of drug-likeness (QED) is 0.183. The lowest BCUT2D eigenvalue weighted by molar-refractivity contribution is 0.0933. The summed E-state index contributed by atoms with van der Waals surface area (Å²) in [5.41, 5.74) is 6.08. The molecule has 3 fully saturated rings. The number of fused-ring (bicyclic) bond motifs is 3. The Morgan fingerprint density at radius 1 is 0.837 bits per heavy atom. The van der Waals surface area contributed by atoms with Gasteiger partial charge in [0.15, 0.2) is 0 Å². The van der Waals surface area contributed by atoms with Gasteiger partial charge in [-0.3, -0.25) is 9.58 Å². The van der Waals surface area contributed by atoms with E-state index in [-0.39, 0.29) is 6.04 Å². The number of aryl methyl sites for hydroxylation is 1. The first-order valence-electron chi connectivity index (χ1n) is 17.3. The number of likely N-dealkylation sites (tertiary alicyclic amines) is 2. The zero-order valence-corrected chi connectivity index (χ0v) is 27.8. The van der Waals surface area contributed by atoms with Crippen LogP contribution in [0, 0.1) is 5.92 Å². The third-order valence-electron chi connectivity index (χ3n) is 10.4. The Hall–Kier alpha value is -5.09. The molecule has 252 valence electrons. The van der Waals surface area contributed by atoms with Crippen LogP contribution in [0.1, 0.15) is 30.4 Å². The van der Waals surface area contributed by atoms with Gasteiger partial charge in [0.1, 0.15) is 18.9 Å². The second kappa shape index (κ2) is 13.4. The molecule has 3 saturated heterocycles. The van der Waals surface area contributed by atoms with Gasteiger partial charge in [0.25, 0.3) is 0 Å². The van der Waals surface area contributed by atoms with Crippen LogP contribution in [0.3, 0.4) is 0 Å². The highest BCUT2D eigenvalue weighted by Crippen LogP contribution is 2.39. The van der Waals surface area contributed by atoms with Crippen LogP contribution in [0.15, 0.2) is 91.0 Å². The Morgan fingerprint density at radius 3 is 2.22 bits per heavy atom. The maximum absolute atomic E-state index is 11.5. The lowest BCUT2D eigenvalue weighted by Crippen LogP contribution is -2.50. The highest BCUT2D eigenvalue weighted by atomic mass is 16.5. The van der Waals surface area contributed by atoms with E-state index in [1.165, 1.54) is 5.69 Å². The number of benzene rings is 3. The maximum atomic E-state index is 11.5. The summed E-state index contributed by atoms with van der Waals surface area (Å²) in [7, 11) is 2.01. The number of amides is 1. The molecule has 5 heterocycles. The Balaban J connectivity index is 1.01. The van der Waals surface area contributed by atoms with Gasteiger partial charge in [-0.2, -0.15) is 10.1 Å². The highest BCUT2D eigenvalue weighted by molar-refractivity contribution is 6.01. The predicted molar refractivity (Wildman–Crippen MR) is 189 cm³/mol. The van der Waals surface area contributed by atoms with E-state index >= 15 is 0 Å². The maximum Gasteiger partial charge on any atom is 0.407 e. The van der Waals surface area contributed by atoms with Crippen molar-refractivity contribution >= 4 is 22.7 Å². The third kappa shape index (κ3) is 6.40. The minimum Gasteiger partial charge on any atom is -0.473 e. The Kier molecular flexibility index (Phi) is 8.55. The van der Waals surface area contributed by atoms with Gasteiger partial charge in [0.2, 0.25) is 11.8 Å². The van der Waals surface area contributed by atoms with Crippen LogP contribution in [0.4, 0.5) is 10.5 Å². The molecule has 0 radical (unpaired) electrons. The fourth-order valence-corrected chi connectivity index (χ4v) is 7.92. The van der Waals surface area contributed by atoms with Crippen molar-refractivity contribution in [2.75, 3.05) is 37.6 Å². The monoisotopic (exact) mass is 658 g/mol. The second-order valence-corrected chi connectivity index (χ2v) is 13.6. The number of rotatable bonds is 10. The molecule has 5 aromatic rings. The minimum absolute atomic E-state index is 0.164. The number of carboxylic acid groups (broad SMARTS) is 1.